The first-order chi connectivity index (χ1) is 15.6. The number of methoxy groups -OCH3 is 1. The fourth-order valence-corrected chi connectivity index (χ4v) is 4.07. The Hall–Kier alpha value is -3.61. The second kappa shape index (κ2) is 8.39. The van der Waals surface area contributed by atoms with Crippen LogP contribution < -0.4 is 15.0 Å². The van der Waals surface area contributed by atoms with Crippen molar-refractivity contribution in [2.45, 2.75) is 51.7 Å². The first kappa shape index (κ1) is 22.6. The molecule has 1 N–H and O–H groups in total. The molecule has 33 heavy (non-hydrogen) atoms. The minimum Gasteiger partial charge on any atom is -0.497 e. The average Bonchev–Trinajstić information content (AvgIpc) is 3.23. The molecule has 1 atom stereocenters. The predicted molar refractivity (Wildman–Crippen MR) is 127 cm³/mol. The molecule has 0 saturated heterocycles. The van der Waals surface area contributed by atoms with Crippen molar-refractivity contribution in [1.29, 1.82) is 0 Å². The molecule has 0 spiro atoms. The molecule has 0 radical (unpaired) electrons. The summed E-state index contributed by atoms with van der Waals surface area (Å²) in [5.41, 5.74) is 1.45. The highest BCUT2D eigenvalue weighted by Gasteiger charge is 2.49. The van der Waals surface area contributed by atoms with Crippen LogP contribution in [0, 0.1) is 0 Å². The lowest BCUT2D eigenvalue weighted by Gasteiger charge is -2.43. The van der Waals surface area contributed by atoms with Crippen LogP contribution in [0.3, 0.4) is 0 Å². The Morgan fingerprint density at radius 1 is 1.12 bits per heavy atom. The van der Waals surface area contributed by atoms with Gasteiger partial charge < -0.3 is 10.1 Å². The van der Waals surface area contributed by atoms with Crippen molar-refractivity contribution in [2.24, 2.45) is 0 Å². The molecular weight excluding hydrogens is 416 g/mol. The molecule has 7 nitrogen and oxygen atoms in total. The minimum atomic E-state index is -1.19. The van der Waals surface area contributed by atoms with Gasteiger partial charge in [0.1, 0.15) is 17.0 Å². The van der Waals surface area contributed by atoms with Gasteiger partial charge in [0, 0.05) is 23.7 Å². The fraction of sp³-hybridized carbons (Fsp3) is 0.346. The zero-order valence-electron chi connectivity index (χ0n) is 19.8. The average molecular weight is 447 g/mol. The fourth-order valence-electron chi connectivity index (χ4n) is 4.07. The molecule has 7 heteroatoms. The Labute approximate surface area is 194 Å². The largest absolute Gasteiger partial charge is 0.497 e. The number of hydrogen-bond acceptors (Lipinski definition) is 4. The summed E-state index contributed by atoms with van der Waals surface area (Å²) in [6.45, 7) is 8.55. The zero-order valence-corrected chi connectivity index (χ0v) is 19.8. The van der Waals surface area contributed by atoms with E-state index in [0.29, 0.717) is 23.7 Å². The summed E-state index contributed by atoms with van der Waals surface area (Å²) in [5.74, 6) is 0.0950. The van der Waals surface area contributed by atoms with Crippen LogP contribution in [0.4, 0.5) is 5.69 Å². The normalized spacial score (nSPS) is 18.1. The Morgan fingerprint density at radius 3 is 2.52 bits per heavy atom. The molecule has 172 valence electrons. The Kier molecular flexibility index (Phi) is 5.74. The molecule has 0 bridgehead atoms. The molecule has 1 aromatic heterocycles. The standard InChI is InChI=1S/C26H30N4O3/c1-25(2,3)22-15-21-23(31)30(19-12-9-13-20(14-19)33-5)26(4,17-29(21)28-22)24(32)27-16-18-10-7-6-8-11-18/h6-15H,16-17H2,1-5H3,(H,27,32)/t26-/m0/s1. The monoisotopic (exact) mass is 446 g/mol. The Bertz CT molecular complexity index is 1180. The van der Waals surface area contributed by atoms with Crippen molar-refractivity contribution < 1.29 is 14.3 Å². The molecule has 0 fully saturated rings. The molecule has 1 aliphatic heterocycles. The SMILES string of the molecule is COc1cccc(N2C(=O)c3cc(C(C)(C)C)nn3C[C@@]2(C)C(=O)NCc2ccccc2)c1. The summed E-state index contributed by atoms with van der Waals surface area (Å²) < 4.78 is 7.05. The summed E-state index contributed by atoms with van der Waals surface area (Å²) in [6, 6.07) is 18.8. The van der Waals surface area contributed by atoms with Gasteiger partial charge in [0.2, 0.25) is 5.91 Å². The van der Waals surface area contributed by atoms with Crippen LogP contribution in [0.2, 0.25) is 0 Å². The van der Waals surface area contributed by atoms with Gasteiger partial charge in [-0.2, -0.15) is 5.10 Å². The van der Waals surface area contributed by atoms with Crippen LogP contribution in [0.15, 0.2) is 60.7 Å². The van der Waals surface area contributed by atoms with E-state index >= 15 is 0 Å². The predicted octanol–water partition coefficient (Wildman–Crippen LogP) is 3.92. The summed E-state index contributed by atoms with van der Waals surface area (Å²) in [4.78, 5) is 29.0. The summed E-state index contributed by atoms with van der Waals surface area (Å²) in [6.07, 6.45) is 0. The number of carbonyl (C=O) groups excluding carboxylic acids is 2. The van der Waals surface area contributed by atoms with Crippen molar-refractivity contribution >= 4 is 17.5 Å². The summed E-state index contributed by atoms with van der Waals surface area (Å²) in [5, 5.41) is 7.72. The summed E-state index contributed by atoms with van der Waals surface area (Å²) >= 11 is 0. The number of rotatable bonds is 5. The number of nitrogens with one attached hydrogen (secondary N) is 1. The number of carbonyl (C=O) groups is 2. The van der Waals surface area contributed by atoms with Crippen LogP contribution in [0.25, 0.3) is 0 Å². The third kappa shape index (κ3) is 4.23. The third-order valence-electron chi connectivity index (χ3n) is 6.02. The van der Waals surface area contributed by atoms with Gasteiger partial charge in [-0.1, -0.05) is 57.2 Å². The number of amides is 2. The molecule has 2 heterocycles. The van der Waals surface area contributed by atoms with Crippen molar-refractivity contribution in [3.8, 4) is 5.75 Å². The van der Waals surface area contributed by atoms with Gasteiger partial charge >= 0.3 is 0 Å². The Morgan fingerprint density at radius 2 is 1.85 bits per heavy atom. The van der Waals surface area contributed by atoms with Crippen molar-refractivity contribution in [1.82, 2.24) is 15.1 Å². The lowest BCUT2D eigenvalue weighted by Crippen LogP contribution is -2.64. The van der Waals surface area contributed by atoms with E-state index in [1.54, 1.807) is 29.7 Å². The molecule has 1 aliphatic rings. The van der Waals surface area contributed by atoms with Gasteiger partial charge in [-0.05, 0) is 30.7 Å². The molecule has 0 saturated carbocycles. The zero-order chi connectivity index (χ0) is 23.8. The topological polar surface area (TPSA) is 76.5 Å². The minimum absolute atomic E-state index is 0.225. The van der Waals surface area contributed by atoms with Gasteiger partial charge in [0.15, 0.2) is 0 Å². The van der Waals surface area contributed by atoms with E-state index in [0.717, 1.165) is 11.3 Å². The van der Waals surface area contributed by atoms with Gasteiger partial charge in [-0.3, -0.25) is 19.2 Å². The van der Waals surface area contributed by atoms with E-state index in [2.05, 4.69) is 26.1 Å². The van der Waals surface area contributed by atoms with Gasteiger partial charge in [0.05, 0.1) is 19.3 Å². The van der Waals surface area contributed by atoms with Crippen LogP contribution >= 0.6 is 0 Å². The molecule has 2 aromatic carbocycles. The lowest BCUT2D eigenvalue weighted by atomic mass is 9.91. The Balaban J connectivity index is 1.76. The van der Waals surface area contributed by atoms with E-state index < -0.39 is 5.54 Å². The smallest absolute Gasteiger partial charge is 0.277 e. The number of anilines is 1. The van der Waals surface area contributed by atoms with Crippen LogP contribution in [0.5, 0.6) is 5.75 Å². The van der Waals surface area contributed by atoms with Gasteiger partial charge in [-0.25, -0.2) is 0 Å². The first-order valence-electron chi connectivity index (χ1n) is 11.0. The molecule has 3 aromatic rings. The van der Waals surface area contributed by atoms with E-state index in [-0.39, 0.29) is 23.8 Å². The third-order valence-corrected chi connectivity index (χ3v) is 6.02. The number of benzene rings is 2. The maximum Gasteiger partial charge on any atom is 0.277 e. The highest BCUT2D eigenvalue weighted by Crippen LogP contribution is 2.35. The van der Waals surface area contributed by atoms with Crippen LogP contribution in [-0.2, 0) is 23.3 Å². The van der Waals surface area contributed by atoms with Crippen molar-refractivity contribution in [3.05, 3.63) is 77.6 Å². The van der Waals surface area contributed by atoms with Crippen molar-refractivity contribution in [3.63, 3.8) is 0 Å². The highest BCUT2D eigenvalue weighted by molar-refractivity contribution is 6.11. The van der Waals surface area contributed by atoms with Gasteiger partial charge in [-0.15, -0.1) is 0 Å². The van der Waals surface area contributed by atoms with E-state index in [1.807, 2.05) is 54.6 Å². The number of hydrogen-bond donors (Lipinski definition) is 1. The summed E-state index contributed by atoms with van der Waals surface area (Å²) in [7, 11) is 1.58. The van der Waals surface area contributed by atoms with E-state index in [4.69, 9.17) is 9.84 Å². The van der Waals surface area contributed by atoms with Crippen LogP contribution in [0.1, 0.15) is 49.4 Å². The molecular formula is C26H30N4O3. The maximum absolute atomic E-state index is 13.8. The molecule has 0 aliphatic carbocycles. The highest BCUT2D eigenvalue weighted by atomic mass is 16.5. The quantitative estimate of drug-likeness (QED) is 0.644. The number of nitrogens with zero attached hydrogens (tertiary/aromatic N) is 3. The van der Waals surface area contributed by atoms with Crippen molar-refractivity contribution in [2.75, 3.05) is 12.0 Å². The molecule has 4 rings (SSSR count). The molecule has 2 amide bonds. The van der Waals surface area contributed by atoms with E-state index in [9.17, 15) is 9.59 Å². The number of ether oxygens (including phenoxy) is 1. The second-order valence-electron chi connectivity index (χ2n) is 9.61. The lowest BCUT2D eigenvalue weighted by molar-refractivity contribution is -0.126. The van der Waals surface area contributed by atoms with E-state index in [1.165, 1.54) is 0 Å². The number of aromatic nitrogens is 2. The second-order valence-corrected chi connectivity index (χ2v) is 9.61. The van der Waals surface area contributed by atoms with Crippen LogP contribution in [-0.4, -0.2) is 34.2 Å². The maximum atomic E-state index is 13.8. The first-order valence-corrected chi connectivity index (χ1v) is 11.0. The molecule has 0 unspecified atom stereocenters. The number of fused-ring (bicyclic) bond motifs is 1. The van der Waals surface area contributed by atoms with Gasteiger partial charge in [0.25, 0.3) is 5.91 Å².